The molecule has 0 aromatic heterocycles. The maximum atomic E-state index is 11.0. The average Bonchev–Trinajstić information content (AvgIpc) is 2.17. The van der Waals surface area contributed by atoms with Crippen molar-refractivity contribution in [1.29, 1.82) is 0 Å². The Labute approximate surface area is 104 Å². The molecule has 0 fully saturated rings. The summed E-state index contributed by atoms with van der Waals surface area (Å²) in [5, 5.41) is 9.04. The summed E-state index contributed by atoms with van der Waals surface area (Å²) in [5.74, 6) is -0.0451. The number of ether oxygens (including phenoxy) is 1. The Morgan fingerprint density at radius 1 is 1.50 bits per heavy atom. The van der Waals surface area contributed by atoms with Gasteiger partial charge < -0.3 is 9.84 Å². The first-order chi connectivity index (χ1) is 7.36. The summed E-state index contributed by atoms with van der Waals surface area (Å²) in [6.45, 7) is 3.43. The van der Waals surface area contributed by atoms with Crippen molar-refractivity contribution in [2.45, 2.75) is 20.3 Å². The fourth-order valence-corrected chi connectivity index (χ4v) is 1.99. The van der Waals surface area contributed by atoms with E-state index >= 15 is 0 Å². The maximum Gasteiger partial charge on any atom is 0.309 e. The molecule has 1 N–H and O–H groups in total. The molecule has 88 valence electrons. The van der Waals surface area contributed by atoms with E-state index in [2.05, 4.69) is 15.9 Å². The molecule has 0 unspecified atom stereocenters. The highest BCUT2D eigenvalue weighted by atomic mass is 79.9. The van der Waals surface area contributed by atoms with Crippen molar-refractivity contribution >= 4 is 21.9 Å². The van der Waals surface area contributed by atoms with E-state index in [0.29, 0.717) is 6.42 Å². The number of carboxylic acids is 1. The molecular formula is C12H15BrO3. The summed E-state index contributed by atoms with van der Waals surface area (Å²) >= 11 is 3.38. The van der Waals surface area contributed by atoms with Gasteiger partial charge >= 0.3 is 5.97 Å². The Morgan fingerprint density at radius 2 is 2.12 bits per heavy atom. The van der Waals surface area contributed by atoms with Gasteiger partial charge in [0.1, 0.15) is 5.75 Å². The number of halogens is 1. The summed E-state index contributed by atoms with van der Waals surface area (Å²) in [4.78, 5) is 11.0. The Morgan fingerprint density at radius 3 is 2.56 bits per heavy atom. The summed E-state index contributed by atoms with van der Waals surface area (Å²) in [5.41, 5.74) is 0.216. The molecule has 0 heterocycles. The molecule has 1 rings (SSSR count). The molecule has 0 spiro atoms. The molecule has 4 heteroatoms. The molecule has 0 radical (unpaired) electrons. The first-order valence-electron chi connectivity index (χ1n) is 4.92. The van der Waals surface area contributed by atoms with Crippen LogP contribution in [0.15, 0.2) is 22.7 Å². The Balaban J connectivity index is 2.91. The summed E-state index contributed by atoms with van der Waals surface area (Å²) in [7, 11) is 1.60. The lowest BCUT2D eigenvalue weighted by molar-refractivity contribution is -0.146. The van der Waals surface area contributed by atoms with Crippen molar-refractivity contribution in [3.05, 3.63) is 28.2 Å². The second kappa shape index (κ2) is 4.87. The Kier molecular flexibility index (Phi) is 3.97. The standard InChI is InChI=1S/C12H15BrO3/c1-12(2,11(14)15)7-8-4-5-10(16-3)9(13)6-8/h4-6H,7H2,1-3H3,(H,14,15). The zero-order valence-electron chi connectivity index (χ0n) is 9.58. The highest BCUT2D eigenvalue weighted by molar-refractivity contribution is 9.10. The SMILES string of the molecule is COc1ccc(CC(C)(C)C(=O)O)cc1Br. The van der Waals surface area contributed by atoms with Crippen LogP contribution >= 0.6 is 15.9 Å². The van der Waals surface area contributed by atoms with Gasteiger partial charge in [-0.3, -0.25) is 4.79 Å². The van der Waals surface area contributed by atoms with Gasteiger partial charge in [0, 0.05) is 0 Å². The Hall–Kier alpha value is -1.03. The lowest BCUT2D eigenvalue weighted by Gasteiger charge is -2.19. The minimum absolute atomic E-state index is 0.491. The van der Waals surface area contributed by atoms with E-state index in [9.17, 15) is 4.79 Å². The van der Waals surface area contributed by atoms with E-state index in [1.165, 1.54) is 0 Å². The van der Waals surface area contributed by atoms with Crippen LogP contribution in [-0.2, 0) is 11.2 Å². The minimum atomic E-state index is -0.792. The van der Waals surface area contributed by atoms with Crippen LogP contribution in [0.5, 0.6) is 5.75 Å². The smallest absolute Gasteiger partial charge is 0.309 e. The summed E-state index contributed by atoms with van der Waals surface area (Å²) in [6.07, 6.45) is 0.491. The van der Waals surface area contributed by atoms with Gasteiger partial charge in [0.25, 0.3) is 0 Å². The van der Waals surface area contributed by atoms with E-state index in [4.69, 9.17) is 9.84 Å². The molecular weight excluding hydrogens is 272 g/mol. The van der Waals surface area contributed by atoms with Crippen LogP contribution in [0, 0.1) is 5.41 Å². The van der Waals surface area contributed by atoms with Crippen LogP contribution in [0.25, 0.3) is 0 Å². The fourth-order valence-electron chi connectivity index (χ4n) is 1.41. The largest absolute Gasteiger partial charge is 0.496 e. The average molecular weight is 287 g/mol. The predicted octanol–water partition coefficient (Wildman–Crippen LogP) is 3.11. The van der Waals surface area contributed by atoms with Gasteiger partial charge in [-0.2, -0.15) is 0 Å². The topological polar surface area (TPSA) is 46.5 Å². The van der Waals surface area contributed by atoms with Crippen molar-refractivity contribution in [3.63, 3.8) is 0 Å². The molecule has 0 aliphatic carbocycles. The van der Waals surface area contributed by atoms with Crippen molar-refractivity contribution in [1.82, 2.24) is 0 Å². The summed E-state index contributed by atoms with van der Waals surface area (Å²) in [6, 6.07) is 5.61. The zero-order chi connectivity index (χ0) is 12.3. The number of carboxylic acid groups (broad SMARTS) is 1. The zero-order valence-corrected chi connectivity index (χ0v) is 11.2. The number of aliphatic carboxylic acids is 1. The fraction of sp³-hybridized carbons (Fsp3) is 0.417. The third-order valence-electron chi connectivity index (χ3n) is 2.44. The van der Waals surface area contributed by atoms with Crippen LogP contribution < -0.4 is 4.74 Å². The van der Waals surface area contributed by atoms with Crippen LogP contribution in [0.4, 0.5) is 0 Å². The van der Waals surface area contributed by atoms with Crippen LogP contribution in [0.1, 0.15) is 19.4 Å². The van der Waals surface area contributed by atoms with Gasteiger partial charge in [0.2, 0.25) is 0 Å². The Bertz CT molecular complexity index is 399. The number of hydrogen-bond donors (Lipinski definition) is 1. The lowest BCUT2D eigenvalue weighted by atomic mass is 9.86. The minimum Gasteiger partial charge on any atom is -0.496 e. The second-order valence-corrected chi connectivity index (χ2v) is 5.19. The molecule has 0 saturated carbocycles. The third kappa shape index (κ3) is 2.98. The highest BCUT2D eigenvalue weighted by Crippen LogP contribution is 2.29. The van der Waals surface area contributed by atoms with Gasteiger partial charge in [-0.25, -0.2) is 0 Å². The van der Waals surface area contributed by atoms with E-state index in [0.717, 1.165) is 15.8 Å². The molecule has 0 aliphatic heterocycles. The molecule has 0 atom stereocenters. The van der Waals surface area contributed by atoms with E-state index in [-0.39, 0.29) is 0 Å². The number of methoxy groups -OCH3 is 1. The molecule has 1 aromatic rings. The van der Waals surface area contributed by atoms with Gasteiger partial charge in [-0.15, -0.1) is 0 Å². The first-order valence-corrected chi connectivity index (χ1v) is 5.72. The maximum absolute atomic E-state index is 11.0. The first kappa shape index (κ1) is 13.0. The van der Waals surface area contributed by atoms with Crippen LogP contribution in [0.2, 0.25) is 0 Å². The summed E-state index contributed by atoms with van der Waals surface area (Å²) < 4.78 is 5.96. The van der Waals surface area contributed by atoms with Crippen molar-refractivity contribution < 1.29 is 14.6 Å². The quantitative estimate of drug-likeness (QED) is 0.925. The molecule has 16 heavy (non-hydrogen) atoms. The second-order valence-electron chi connectivity index (χ2n) is 4.33. The number of rotatable bonds is 4. The number of carbonyl (C=O) groups is 1. The highest BCUT2D eigenvalue weighted by Gasteiger charge is 2.27. The third-order valence-corrected chi connectivity index (χ3v) is 3.06. The van der Waals surface area contributed by atoms with E-state index < -0.39 is 11.4 Å². The molecule has 0 bridgehead atoms. The normalized spacial score (nSPS) is 11.2. The van der Waals surface area contributed by atoms with Gasteiger partial charge in [0.15, 0.2) is 0 Å². The van der Waals surface area contributed by atoms with Gasteiger partial charge in [-0.1, -0.05) is 6.07 Å². The lowest BCUT2D eigenvalue weighted by Crippen LogP contribution is -2.26. The number of benzene rings is 1. The van der Waals surface area contributed by atoms with Crippen molar-refractivity contribution in [2.24, 2.45) is 5.41 Å². The monoisotopic (exact) mass is 286 g/mol. The predicted molar refractivity (Wildman–Crippen MR) is 65.8 cm³/mol. The van der Waals surface area contributed by atoms with Crippen LogP contribution in [-0.4, -0.2) is 18.2 Å². The van der Waals surface area contributed by atoms with Gasteiger partial charge in [-0.05, 0) is 53.9 Å². The van der Waals surface area contributed by atoms with Crippen LogP contribution in [0.3, 0.4) is 0 Å². The van der Waals surface area contributed by atoms with E-state index in [1.54, 1.807) is 21.0 Å². The molecule has 1 aromatic carbocycles. The molecule has 0 saturated heterocycles. The van der Waals surface area contributed by atoms with Crippen molar-refractivity contribution in [2.75, 3.05) is 7.11 Å². The van der Waals surface area contributed by atoms with E-state index in [1.807, 2.05) is 18.2 Å². The molecule has 3 nitrogen and oxygen atoms in total. The van der Waals surface area contributed by atoms with Crippen molar-refractivity contribution in [3.8, 4) is 5.75 Å². The number of hydrogen-bond acceptors (Lipinski definition) is 2. The van der Waals surface area contributed by atoms with Gasteiger partial charge in [0.05, 0.1) is 17.0 Å². The molecule has 0 amide bonds. The molecule has 0 aliphatic rings.